The highest BCUT2D eigenvalue weighted by atomic mass is 19.1. The van der Waals surface area contributed by atoms with Crippen LogP contribution in [-0.4, -0.2) is 25.5 Å². The molecular formula is C19H21FN2O3. The van der Waals surface area contributed by atoms with Gasteiger partial charge in [-0.25, -0.2) is 4.39 Å². The van der Waals surface area contributed by atoms with Gasteiger partial charge in [0.05, 0.1) is 7.11 Å². The first kappa shape index (κ1) is 18.6. The van der Waals surface area contributed by atoms with Gasteiger partial charge in [0.2, 0.25) is 5.91 Å². The number of halogens is 1. The van der Waals surface area contributed by atoms with Gasteiger partial charge in [-0.3, -0.25) is 9.59 Å². The van der Waals surface area contributed by atoms with Crippen LogP contribution in [0.3, 0.4) is 0 Å². The predicted molar refractivity (Wildman–Crippen MR) is 93.5 cm³/mol. The van der Waals surface area contributed by atoms with Gasteiger partial charge in [0.1, 0.15) is 11.9 Å². The molecule has 2 aromatic carbocycles. The third-order valence-electron chi connectivity index (χ3n) is 3.64. The number of benzene rings is 2. The molecule has 0 fully saturated rings. The lowest BCUT2D eigenvalue weighted by Crippen LogP contribution is -2.33. The van der Waals surface area contributed by atoms with Crippen LogP contribution in [0.5, 0.6) is 0 Å². The van der Waals surface area contributed by atoms with Gasteiger partial charge in [0.15, 0.2) is 0 Å². The Labute approximate surface area is 146 Å². The number of ether oxygens (including phenoxy) is 1. The van der Waals surface area contributed by atoms with Crippen molar-refractivity contribution in [3.8, 4) is 0 Å². The molecule has 0 aliphatic rings. The molecule has 1 amide bonds. The number of rotatable bonds is 8. The number of hydrogen-bond acceptors (Lipinski definition) is 4. The number of carbonyl (C=O) groups excluding carboxylic acids is 2. The Morgan fingerprint density at radius 3 is 2.40 bits per heavy atom. The van der Waals surface area contributed by atoms with Crippen molar-refractivity contribution in [3.63, 3.8) is 0 Å². The Bertz CT molecular complexity index is 690. The number of hydrogen-bond donors (Lipinski definition) is 2. The number of carbonyl (C=O) groups is 2. The molecule has 0 aliphatic carbocycles. The molecule has 0 spiro atoms. The maximum atomic E-state index is 13.0. The summed E-state index contributed by atoms with van der Waals surface area (Å²) < 4.78 is 17.6. The molecule has 0 bridgehead atoms. The van der Waals surface area contributed by atoms with E-state index >= 15 is 0 Å². The van der Waals surface area contributed by atoms with Crippen molar-refractivity contribution >= 4 is 17.6 Å². The molecule has 2 aromatic rings. The first-order valence-electron chi connectivity index (χ1n) is 8.01. The topological polar surface area (TPSA) is 67.4 Å². The summed E-state index contributed by atoms with van der Waals surface area (Å²) >= 11 is 0. The molecule has 6 heteroatoms. The number of nitrogens with one attached hydrogen (secondary N) is 2. The SMILES string of the molecule is COC(=O)CCCN[C@H](C(=O)Nc1ccc(F)cc1)c1ccccc1. The lowest BCUT2D eigenvalue weighted by molar-refractivity contribution is -0.140. The van der Waals surface area contributed by atoms with Crippen molar-refractivity contribution in [1.82, 2.24) is 5.32 Å². The standard InChI is InChI=1S/C19H21FN2O3/c1-25-17(23)8-5-13-21-18(14-6-3-2-4-7-14)19(24)22-16-11-9-15(20)10-12-16/h2-4,6-7,9-12,18,21H,5,8,13H2,1H3,(H,22,24)/t18-/m0/s1. The Kier molecular flexibility index (Phi) is 7.10. The van der Waals surface area contributed by atoms with Gasteiger partial charge in [0, 0.05) is 12.1 Å². The van der Waals surface area contributed by atoms with Crippen LogP contribution in [0.15, 0.2) is 54.6 Å². The summed E-state index contributed by atoms with van der Waals surface area (Å²) in [5.41, 5.74) is 1.32. The predicted octanol–water partition coefficient (Wildman–Crippen LogP) is 3.05. The second kappa shape index (κ2) is 9.54. The number of anilines is 1. The normalized spacial score (nSPS) is 11.6. The van der Waals surface area contributed by atoms with Crippen molar-refractivity contribution in [1.29, 1.82) is 0 Å². The van der Waals surface area contributed by atoms with E-state index in [-0.39, 0.29) is 24.1 Å². The first-order valence-corrected chi connectivity index (χ1v) is 8.01. The van der Waals surface area contributed by atoms with Gasteiger partial charge >= 0.3 is 5.97 Å². The largest absolute Gasteiger partial charge is 0.469 e. The van der Waals surface area contributed by atoms with Crippen molar-refractivity contribution in [2.75, 3.05) is 19.0 Å². The highest BCUT2D eigenvalue weighted by Gasteiger charge is 2.20. The summed E-state index contributed by atoms with van der Waals surface area (Å²) in [6.45, 7) is 0.478. The van der Waals surface area contributed by atoms with Gasteiger partial charge in [-0.05, 0) is 42.8 Å². The van der Waals surface area contributed by atoms with Crippen LogP contribution in [0.4, 0.5) is 10.1 Å². The molecule has 0 aliphatic heterocycles. The van der Waals surface area contributed by atoms with E-state index in [9.17, 15) is 14.0 Å². The van der Waals surface area contributed by atoms with E-state index in [2.05, 4.69) is 15.4 Å². The van der Waals surface area contributed by atoms with Gasteiger partial charge in [-0.15, -0.1) is 0 Å². The van der Waals surface area contributed by atoms with Gasteiger partial charge in [-0.2, -0.15) is 0 Å². The minimum atomic E-state index is -0.580. The molecule has 25 heavy (non-hydrogen) atoms. The molecule has 2 rings (SSSR count). The van der Waals surface area contributed by atoms with Gasteiger partial charge in [0.25, 0.3) is 0 Å². The minimum Gasteiger partial charge on any atom is -0.469 e. The third kappa shape index (κ3) is 6.00. The van der Waals surface area contributed by atoms with Gasteiger partial charge in [-0.1, -0.05) is 30.3 Å². The maximum absolute atomic E-state index is 13.0. The Morgan fingerprint density at radius 1 is 1.08 bits per heavy atom. The number of methoxy groups -OCH3 is 1. The molecule has 0 saturated carbocycles. The van der Waals surface area contributed by atoms with E-state index in [1.807, 2.05) is 30.3 Å². The van der Waals surface area contributed by atoms with Crippen molar-refractivity contribution in [2.24, 2.45) is 0 Å². The second-order valence-corrected chi connectivity index (χ2v) is 5.47. The molecule has 132 valence electrons. The molecule has 0 heterocycles. The highest BCUT2D eigenvalue weighted by Crippen LogP contribution is 2.16. The quantitative estimate of drug-likeness (QED) is 0.570. The average molecular weight is 344 g/mol. The molecular weight excluding hydrogens is 323 g/mol. The zero-order chi connectivity index (χ0) is 18.1. The fraction of sp³-hybridized carbons (Fsp3) is 0.263. The number of esters is 1. The molecule has 0 saturated heterocycles. The highest BCUT2D eigenvalue weighted by molar-refractivity contribution is 5.95. The minimum absolute atomic E-state index is 0.254. The molecule has 0 radical (unpaired) electrons. The first-order chi connectivity index (χ1) is 12.1. The van der Waals surface area contributed by atoms with E-state index in [1.54, 1.807) is 0 Å². The number of amides is 1. The molecule has 5 nitrogen and oxygen atoms in total. The van der Waals surface area contributed by atoms with Crippen LogP contribution < -0.4 is 10.6 Å². The van der Waals surface area contributed by atoms with Crippen molar-refractivity contribution in [3.05, 3.63) is 66.0 Å². The summed E-state index contributed by atoms with van der Waals surface area (Å²) in [5, 5.41) is 5.92. The summed E-state index contributed by atoms with van der Waals surface area (Å²) in [7, 11) is 1.35. The molecule has 0 unspecified atom stereocenters. The van der Waals surface area contributed by atoms with Crippen LogP contribution in [0.1, 0.15) is 24.4 Å². The summed E-state index contributed by atoms with van der Waals surface area (Å²) in [4.78, 5) is 23.8. The fourth-order valence-corrected chi connectivity index (χ4v) is 2.34. The summed E-state index contributed by atoms with van der Waals surface area (Å²) in [5.74, 6) is -0.900. The van der Waals surface area contributed by atoms with E-state index in [1.165, 1.54) is 31.4 Å². The molecule has 1 atom stereocenters. The van der Waals surface area contributed by atoms with Crippen molar-refractivity contribution < 1.29 is 18.7 Å². The van der Waals surface area contributed by atoms with Crippen LogP contribution in [0, 0.1) is 5.82 Å². The molecule has 0 aromatic heterocycles. The Morgan fingerprint density at radius 2 is 1.76 bits per heavy atom. The van der Waals surface area contributed by atoms with Crippen molar-refractivity contribution in [2.45, 2.75) is 18.9 Å². The van der Waals surface area contributed by atoms with Crippen LogP contribution in [0.2, 0.25) is 0 Å². The van der Waals surface area contributed by atoms with E-state index in [0.717, 1.165) is 5.56 Å². The maximum Gasteiger partial charge on any atom is 0.305 e. The van der Waals surface area contributed by atoms with E-state index in [0.29, 0.717) is 18.7 Å². The Balaban J connectivity index is 2.02. The summed E-state index contributed by atoms with van der Waals surface area (Å²) in [6.07, 6.45) is 0.838. The lowest BCUT2D eigenvalue weighted by atomic mass is 10.1. The van der Waals surface area contributed by atoms with Crippen LogP contribution in [0.25, 0.3) is 0 Å². The third-order valence-corrected chi connectivity index (χ3v) is 3.64. The smallest absolute Gasteiger partial charge is 0.305 e. The van der Waals surface area contributed by atoms with E-state index in [4.69, 9.17) is 0 Å². The summed E-state index contributed by atoms with van der Waals surface area (Å²) in [6, 6.07) is 14.3. The van der Waals surface area contributed by atoms with Crippen LogP contribution in [-0.2, 0) is 14.3 Å². The second-order valence-electron chi connectivity index (χ2n) is 5.47. The zero-order valence-corrected chi connectivity index (χ0v) is 14.0. The van der Waals surface area contributed by atoms with Crippen LogP contribution >= 0.6 is 0 Å². The average Bonchev–Trinajstić information content (AvgIpc) is 2.64. The molecule has 2 N–H and O–H groups in total. The van der Waals surface area contributed by atoms with E-state index < -0.39 is 6.04 Å². The zero-order valence-electron chi connectivity index (χ0n) is 14.0. The fourth-order valence-electron chi connectivity index (χ4n) is 2.34. The lowest BCUT2D eigenvalue weighted by Gasteiger charge is -2.19. The van der Waals surface area contributed by atoms with Gasteiger partial charge < -0.3 is 15.4 Å². The monoisotopic (exact) mass is 344 g/mol. The Hall–Kier alpha value is -2.73.